The summed E-state index contributed by atoms with van der Waals surface area (Å²) in [5.41, 5.74) is 3.26. The van der Waals surface area contributed by atoms with E-state index in [1.807, 2.05) is 42.5 Å². The molecule has 1 nitrogen and oxygen atoms in total. The number of rotatable bonds is 3. The zero-order valence-electron chi connectivity index (χ0n) is 12.2. The number of halogens is 1. The van der Waals surface area contributed by atoms with Gasteiger partial charge in [0.15, 0.2) is 0 Å². The summed E-state index contributed by atoms with van der Waals surface area (Å²) in [6.07, 6.45) is 0.0668. The molecule has 0 bridgehead atoms. The summed E-state index contributed by atoms with van der Waals surface area (Å²) in [6, 6.07) is 15.8. The van der Waals surface area contributed by atoms with Crippen molar-refractivity contribution in [2.75, 3.05) is 0 Å². The lowest BCUT2D eigenvalue weighted by molar-refractivity contribution is 0.176. The number of benzene rings is 2. The van der Waals surface area contributed by atoms with Crippen LogP contribution in [-0.2, 0) is 11.8 Å². The molecule has 1 atom stereocenters. The minimum absolute atomic E-state index is 0.0197. The molecule has 2 aromatic rings. The largest absolute Gasteiger partial charge is 0.388 e. The highest BCUT2D eigenvalue weighted by Gasteiger charge is 2.21. The van der Waals surface area contributed by atoms with Gasteiger partial charge in [-0.15, -0.1) is 0 Å². The first-order valence-electron chi connectivity index (χ1n) is 6.90. The van der Waals surface area contributed by atoms with Crippen molar-refractivity contribution in [3.05, 3.63) is 70.2 Å². The molecular formula is C18H21ClO. The highest BCUT2D eigenvalue weighted by Crippen LogP contribution is 2.31. The van der Waals surface area contributed by atoms with E-state index in [1.54, 1.807) is 0 Å². The van der Waals surface area contributed by atoms with Crippen LogP contribution in [0.4, 0.5) is 0 Å². The smallest absolute Gasteiger partial charge is 0.0833 e. The maximum Gasteiger partial charge on any atom is 0.0833 e. The van der Waals surface area contributed by atoms with Crippen LogP contribution in [0.1, 0.15) is 43.6 Å². The summed E-state index contributed by atoms with van der Waals surface area (Å²) in [4.78, 5) is 0. The van der Waals surface area contributed by atoms with Crippen molar-refractivity contribution in [2.24, 2.45) is 0 Å². The van der Waals surface area contributed by atoms with Crippen molar-refractivity contribution in [1.29, 1.82) is 0 Å². The average molecular weight is 289 g/mol. The summed E-state index contributed by atoms with van der Waals surface area (Å²) in [5.74, 6) is 0. The standard InChI is InChI=1S/C18H21ClO/c1-18(2,3)16-10-5-4-9-15(16)17(20)12-13-7-6-8-14(19)11-13/h4-11,17,20H,12H2,1-3H3. The van der Waals surface area contributed by atoms with Crippen molar-refractivity contribution in [2.45, 2.75) is 38.7 Å². The fraction of sp³-hybridized carbons (Fsp3) is 0.333. The molecule has 106 valence electrons. The Morgan fingerprint density at radius 1 is 1.05 bits per heavy atom. The molecule has 0 saturated carbocycles. The van der Waals surface area contributed by atoms with Gasteiger partial charge in [-0.3, -0.25) is 0 Å². The molecule has 20 heavy (non-hydrogen) atoms. The van der Waals surface area contributed by atoms with E-state index in [9.17, 15) is 5.11 Å². The highest BCUT2D eigenvalue weighted by atomic mass is 35.5. The molecule has 2 heteroatoms. The van der Waals surface area contributed by atoms with E-state index in [2.05, 4.69) is 26.8 Å². The molecule has 0 amide bonds. The Kier molecular flexibility index (Phi) is 4.52. The lowest BCUT2D eigenvalue weighted by Crippen LogP contribution is -2.16. The molecule has 0 aliphatic heterocycles. The summed E-state index contributed by atoms with van der Waals surface area (Å²) < 4.78 is 0. The minimum atomic E-state index is -0.510. The third kappa shape index (κ3) is 3.62. The Labute approximate surface area is 126 Å². The van der Waals surface area contributed by atoms with E-state index in [-0.39, 0.29) is 5.41 Å². The molecular weight excluding hydrogens is 268 g/mol. The molecule has 2 aromatic carbocycles. The van der Waals surface area contributed by atoms with Gasteiger partial charge in [0.1, 0.15) is 0 Å². The van der Waals surface area contributed by atoms with Crippen molar-refractivity contribution >= 4 is 11.6 Å². The third-order valence-corrected chi connectivity index (χ3v) is 3.68. The zero-order chi connectivity index (χ0) is 14.8. The molecule has 1 unspecified atom stereocenters. The summed E-state index contributed by atoms with van der Waals surface area (Å²) in [6.45, 7) is 6.49. The first-order valence-corrected chi connectivity index (χ1v) is 7.27. The van der Waals surface area contributed by atoms with Gasteiger partial charge in [0.05, 0.1) is 6.10 Å². The normalized spacial score (nSPS) is 13.2. The van der Waals surface area contributed by atoms with Gasteiger partial charge < -0.3 is 5.11 Å². The van der Waals surface area contributed by atoms with Gasteiger partial charge in [0, 0.05) is 11.4 Å². The van der Waals surface area contributed by atoms with Gasteiger partial charge in [-0.05, 0) is 34.2 Å². The predicted octanol–water partition coefficient (Wildman–Crippen LogP) is 4.91. The summed E-state index contributed by atoms with van der Waals surface area (Å²) in [7, 11) is 0. The van der Waals surface area contributed by atoms with Crippen molar-refractivity contribution in [3.8, 4) is 0 Å². The lowest BCUT2D eigenvalue weighted by Gasteiger charge is -2.25. The van der Waals surface area contributed by atoms with Gasteiger partial charge in [0.2, 0.25) is 0 Å². The topological polar surface area (TPSA) is 20.2 Å². The third-order valence-electron chi connectivity index (χ3n) is 3.45. The first-order chi connectivity index (χ1) is 9.38. The Morgan fingerprint density at radius 2 is 1.75 bits per heavy atom. The fourth-order valence-corrected chi connectivity index (χ4v) is 2.68. The van der Waals surface area contributed by atoms with Crippen LogP contribution in [0.25, 0.3) is 0 Å². The maximum absolute atomic E-state index is 10.6. The number of aliphatic hydroxyl groups excluding tert-OH is 1. The Hall–Kier alpha value is -1.31. The van der Waals surface area contributed by atoms with Crippen molar-refractivity contribution in [1.82, 2.24) is 0 Å². The molecule has 0 radical (unpaired) electrons. The molecule has 0 aliphatic rings. The van der Waals surface area contributed by atoms with Gasteiger partial charge in [-0.25, -0.2) is 0 Å². The van der Waals surface area contributed by atoms with E-state index < -0.39 is 6.10 Å². The molecule has 0 saturated heterocycles. The van der Waals surface area contributed by atoms with E-state index in [0.717, 1.165) is 11.1 Å². The molecule has 2 rings (SSSR count). The van der Waals surface area contributed by atoms with Crippen LogP contribution < -0.4 is 0 Å². The van der Waals surface area contributed by atoms with Gasteiger partial charge >= 0.3 is 0 Å². The molecule has 0 heterocycles. The predicted molar refractivity (Wildman–Crippen MR) is 85.3 cm³/mol. The van der Waals surface area contributed by atoms with E-state index in [4.69, 9.17) is 11.6 Å². The van der Waals surface area contributed by atoms with Crippen LogP contribution in [-0.4, -0.2) is 5.11 Å². The Balaban J connectivity index is 2.28. The second-order valence-electron chi connectivity index (χ2n) is 6.19. The van der Waals surface area contributed by atoms with Gasteiger partial charge in [-0.2, -0.15) is 0 Å². The molecule has 0 aromatic heterocycles. The first kappa shape index (κ1) is 15.1. The van der Waals surface area contributed by atoms with Crippen LogP contribution >= 0.6 is 11.6 Å². The maximum atomic E-state index is 10.6. The second-order valence-corrected chi connectivity index (χ2v) is 6.62. The minimum Gasteiger partial charge on any atom is -0.388 e. The molecule has 0 aliphatic carbocycles. The van der Waals surface area contributed by atoms with Crippen LogP contribution in [0.15, 0.2) is 48.5 Å². The number of aliphatic hydroxyl groups is 1. The summed E-state index contributed by atoms with van der Waals surface area (Å²) in [5, 5.41) is 11.3. The van der Waals surface area contributed by atoms with E-state index in [0.29, 0.717) is 11.4 Å². The Bertz CT molecular complexity index is 584. The van der Waals surface area contributed by atoms with E-state index >= 15 is 0 Å². The quantitative estimate of drug-likeness (QED) is 0.850. The number of hydrogen-bond donors (Lipinski definition) is 1. The van der Waals surface area contributed by atoms with Crippen LogP contribution in [0.3, 0.4) is 0 Å². The fourth-order valence-electron chi connectivity index (χ4n) is 2.47. The lowest BCUT2D eigenvalue weighted by atomic mass is 9.81. The van der Waals surface area contributed by atoms with Crippen LogP contribution in [0.5, 0.6) is 0 Å². The van der Waals surface area contributed by atoms with Crippen LogP contribution in [0, 0.1) is 0 Å². The number of hydrogen-bond acceptors (Lipinski definition) is 1. The van der Waals surface area contributed by atoms with Gasteiger partial charge in [0.25, 0.3) is 0 Å². The monoisotopic (exact) mass is 288 g/mol. The zero-order valence-corrected chi connectivity index (χ0v) is 13.0. The molecule has 0 fully saturated rings. The van der Waals surface area contributed by atoms with Crippen LogP contribution in [0.2, 0.25) is 5.02 Å². The van der Waals surface area contributed by atoms with Crippen molar-refractivity contribution in [3.63, 3.8) is 0 Å². The van der Waals surface area contributed by atoms with Crippen molar-refractivity contribution < 1.29 is 5.11 Å². The van der Waals surface area contributed by atoms with Gasteiger partial charge in [-0.1, -0.05) is 68.8 Å². The SMILES string of the molecule is CC(C)(C)c1ccccc1C(O)Cc1cccc(Cl)c1. The van der Waals surface area contributed by atoms with E-state index in [1.165, 1.54) is 5.56 Å². The molecule has 0 spiro atoms. The summed E-state index contributed by atoms with van der Waals surface area (Å²) >= 11 is 6.00. The molecule has 1 N–H and O–H groups in total. The Morgan fingerprint density at radius 3 is 2.40 bits per heavy atom. The second kappa shape index (κ2) is 5.99. The highest BCUT2D eigenvalue weighted by molar-refractivity contribution is 6.30. The average Bonchev–Trinajstić information content (AvgIpc) is 2.37.